The molecule has 1 saturated heterocycles. The molecule has 28 heavy (non-hydrogen) atoms. The van der Waals surface area contributed by atoms with Gasteiger partial charge in [0.2, 0.25) is 5.91 Å². The predicted molar refractivity (Wildman–Crippen MR) is 115 cm³/mol. The maximum atomic E-state index is 13.4. The van der Waals surface area contributed by atoms with Gasteiger partial charge >= 0.3 is 0 Å². The van der Waals surface area contributed by atoms with Crippen molar-refractivity contribution < 1.29 is 9.53 Å². The van der Waals surface area contributed by atoms with Gasteiger partial charge in [-0.15, -0.1) is 0 Å². The van der Waals surface area contributed by atoms with Crippen LogP contribution in [0.25, 0.3) is 10.2 Å². The minimum absolute atomic E-state index is 0.164. The number of rotatable bonds is 6. The molecule has 1 amide bonds. The summed E-state index contributed by atoms with van der Waals surface area (Å²) in [5.41, 5.74) is 2.33. The van der Waals surface area contributed by atoms with Crippen LogP contribution in [0.2, 0.25) is 0 Å². The van der Waals surface area contributed by atoms with E-state index in [2.05, 4.69) is 30.0 Å². The van der Waals surface area contributed by atoms with Gasteiger partial charge in [-0.1, -0.05) is 43.6 Å². The summed E-state index contributed by atoms with van der Waals surface area (Å²) in [5.74, 6) is 0.444. The molecule has 0 radical (unpaired) electrons. The summed E-state index contributed by atoms with van der Waals surface area (Å²) in [5, 5.41) is 0.868. The number of fused-ring (bicyclic) bond motifs is 1. The SMILES string of the molecule is CCc1ccc2nc(N(CCN3CCOCC3)C(=O)C3CCCCC3)sc2c1. The van der Waals surface area contributed by atoms with Crippen LogP contribution < -0.4 is 4.90 Å². The molecular weight excluding hydrogens is 370 g/mol. The fourth-order valence-corrected chi connectivity index (χ4v) is 5.29. The van der Waals surface area contributed by atoms with Crippen molar-refractivity contribution in [2.45, 2.75) is 45.4 Å². The molecule has 4 rings (SSSR count). The Bertz CT molecular complexity index is 794. The third-order valence-corrected chi connectivity index (χ3v) is 7.09. The Morgan fingerprint density at radius 3 is 2.79 bits per heavy atom. The summed E-state index contributed by atoms with van der Waals surface area (Å²) >= 11 is 1.66. The van der Waals surface area contributed by atoms with Crippen LogP contribution in [0.5, 0.6) is 0 Å². The van der Waals surface area contributed by atoms with Gasteiger partial charge in [0.05, 0.1) is 23.4 Å². The first-order chi connectivity index (χ1) is 13.7. The van der Waals surface area contributed by atoms with E-state index in [1.54, 1.807) is 11.3 Å². The molecule has 6 heteroatoms. The lowest BCUT2D eigenvalue weighted by atomic mass is 9.88. The molecule has 1 aromatic carbocycles. The van der Waals surface area contributed by atoms with Crippen LogP contribution in [0, 0.1) is 5.92 Å². The molecular formula is C22H31N3O2S. The molecule has 1 saturated carbocycles. The largest absolute Gasteiger partial charge is 0.379 e. The molecule has 1 aromatic heterocycles. The molecule has 2 aromatic rings. The number of amides is 1. The number of hydrogen-bond donors (Lipinski definition) is 0. The number of carbonyl (C=O) groups excluding carboxylic acids is 1. The van der Waals surface area contributed by atoms with Crippen LogP contribution in [0.3, 0.4) is 0 Å². The molecule has 0 N–H and O–H groups in total. The van der Waals surface area contributed by atoms with E-state index in [0.29, 0.717) is 0 Å². The molecule has 2 aliphatic rings. The highest BCUT2D eigenvalue weighted by molar-refractivity contribution is 7.22. The Kier molecular flexibility index (Phi) is 6.60. The van der Waals surface area contributed by atoms with Crippen molar-refractivity contribution in [3.05, 3.63) is 23.8 Å². The number of anilines is 1. The molecule has 1 aliphatic carbocycles. The number of aryl methyl sites for hydroxylation is 1. The van der Waals surface area contributed by atoms with E-state index in [-0.39, 0.29) is 11.8 Å². The third kappa shape index (κ3) is 4.56. The van der Waals surface area contributed by atoms with Crippen molar-refractivity contribution in [2.75, 3.05) is 44.3 Å². The summed E-state index contributed by atoms with van der Waals surface area (Å²) in [6.45, 7) is 7.25. The van der Waals surface area contributed by atoms with Gasteiger partial charge in [0.15, 0.2) is 5.13 Å². The van der Waals surface area contributed by atoms with Crippen molar-refractivity contribution >= 4 is 32.6 Å². The van der Waals surface area contributed by atoms with Crippen molar-refractivity contribution in [2.24, 2.45) is 5.92 Å². The summed E-state index contributed by atoms with van der Waals surface area (Å²) in [4.78, 5) is 22.7. The molecule has 0 atom stereocenters. The molecule has 2 fully saturated rings. The van der Waals surface area contributed by atoms with Gasteiger partial charge in [-0.2, -0.15) is 0 Å². The molecule has 0 spiro atoms. The minimum atomic E-state index is 0.164. The number of thiazole rings is 1. The second kappa shape index (κ2) is 9.33. The summed E-state index contributed by atoms with van der Waals surface area (Å²) in [6.07, 6.45) is 6.68. The molecule has 0 bridgehead atoms. The van der Waals surface area contributed by atoms with Crippen molar-refractivity contribution in [1.82, 2.24) is 9.88 Å². The number of aromatic nitrogens is 1. The van der Waals surface area contributed by atoms with Gasteiger partial charge < -0.3 is 4.74 Å². The summed E-state index contributed by atoms with van der Waals surface area (Å²) in [7, 11) is 0. The lowest BCUT2D eigenvalue weighted by Gasteiger charge is -2.31. The van der Waals surface area contributed by atoms with Crippen molar-refractivity contribution in [3.63, 3.8) is 0 Å². The van der Waals surface area contributed by atoms with E-state index in [1.165, 1.54) is 29.5 Å². The van der Waals surface area contributed by atoms with E-state index in [0.717, 1.165) is 69.3 Å². The Morgan fingerprint density at radius 1 is 1.25 bits per heavy atom. The lowest BCUT2D eigenvalue weighted by Crippen LogP contribution is -2.45. The zero-order chi connectivity index (χ0) is 19.3. The highest BCUT2D eigenvalue weighted by Crippen LogP contribution is 2.33. The lowest BCUT2D eigenvalue weighted by molar-refractivity contribution is -0.123. The van der Waals surface area contributed by atoms with Crippen LogP contribution in [-0.2, 0) is 16.0 Å². The molecule has 1 aliphatic heterocycles. The first-order valence-corrected chi connectivity index (χ1v) is 11.6. The Labute approximate surface area is 171 Å². The Morgan fingerprint density at radius 2 is 2.04 bits per heavy atom. The van der Waals surface area contributed by atoms with E-state index in [1.807, 2.05) is 4.90 Å². The normalized spacial score (nSPS) is 19.2. The Balaban J connectivity index is 1.56. The summed E-state index contributed by atoms with van der Waals surface area (Å²) < 4.78 is 6.65. The first kappa shape index (κ1) is 19.8. The quantitative estimate of drug-likeness (QED) is 0.731. The van der Waals surface area contributed by atoms with Crippen LogP contribution in [-0.4, -0.2) is 55.2 Å². The third-order valence-electron chi connectivity index (χ3n) is 6.04. The van der Waals surface area contributed by atoms with Crippen molar-refractivity contribution in [3.8, 4) is 0 Å². The van der Waals surface area contributed by atoms with Gasteiger partial charge in [-0.25, -0.2) is 4.98 Å². The number of hydrogen-bond acceptors (Lipinski definition) is 5. The molecule has 0 unspecified atom stereocenters. The standard InChI is InChI=1S/C22H31N3O2S/c1-2-17-8-9-19-20(16-17)28-22(23-19)25(11-10-24-12-14-27-15-13-24)21(26)18-6-4-3-5-7-18/h8-9,16,18H,2-7,10-15H2,1H3. The molecule has 2 heterocycles. The number of ether oxygens (including phenoxy) is 1. The highest BCUT2D eigenvalue weighted by atomic mass is 32.1. The fraction of sp³-hybridized carbons (Fsp3) is 0.636. The first-order valence-electron chi connectivity index (χ1n) is 10.8. The van der Waals surface area contributed by atoms with Crippen LogP contribution in [0.4, 0.5) is 5.13 Å². The van der Waals surface area contributed by atoms with E-state index in [9.17, 15) is 4.79 Å². The minimum Gasteiger partial charge on any atom is -0.379 e. The van der Waals surface area contributed by atoms with Gasteiger partial charge in [-0.3, -0.25) is 14.6 Å². The maximum Gasteiger partial charge on any atom is 0.231 e. The van der Waals surface area contributed by atoms with Gasteiger partial charge in [-0.05, 0) is 37.0 Å². The number of nitrogens with zero attached hydrogens (tertiary/aromatic N) is 3. The number of morpholine rings is 1. The maximum absolute atomic E-state index is 13.4. The number of carbonyl (C=O) groups is 1. The number of benzene rings is 1. The zero-order valence-corrected chi connectivity index (χ0v) is 17.7. The second-order valence-corrected chi connectivity index (χ2v) is 8.94. The molecule has 5 nitrogen and oxygen atoms in total. The van der Waals surface area contributed by atoms with E-state index >= 15 is 0 Å². The Hall–Kier alpha value is -1.50. The molecule has 152 valence electrons. The monoisotopic (exact) mass is 401 g/mol. The topological polar surface area (TPSA) is 45.7 Å². The van der Waals surface area contributed by atoms with E-state index < -0.39 is 0 Å². The van der Waals surface area contributed by atoms with Gasteiger partial charge in [0.25, 0.3) is 0 Å². The second-order valence-electron chi connectivity index (χ2n) is 7.93. The summed E-state index contributed by atoms with van der Waals surface area (Å²) in [6, 6.07) is 6.47. The predicted octanol–water partition coefficient (Wildman–Crippen LogP) is 4.10. The van der Waals surface area contributed by atoms with Crippen LogP contribution in [0.15, 0.2) is 18.2 Å². The average molecular weight is 402 g/mol. The van der Waals surface area contributed by atoms with E-state index in [4.69, 9.17) is 9.72 Å². The fourth-order valence-electron chi connectivity index (χ4n) is 4.23. The van der Waals surface area contributed by atoms with Gasteiger partial charge in [0.1, 0.15) is 0 Å². The smallest absolute Gasteiger partial charge is 0.231 e. The average Bonchev–Trinajstić information content (AvgIpc) is 3.18. The van der Waals surface area contributed by atoms with Crippen molar-refractivity contribution in [1.29, 1.82) is 0 Å². The zero-order valence-electron chi connectivity index (χ0n) is 16.9. The van der Waals surface area contributed by atoms with Crippen LogP contribution >= 0.6 is 11.3 Å². The van der Waals surface area contributed by atoms with Gasteiger partial charge in [0, 0.05) is 32.1 Å². The van der Waals surface area contributed by atoms with Crippen LogP contribution in [0.1, 0.15) is 44.6 Å². The highest BCUT2D eigenvalue weighted by Gasteiger charge is 2.29.